The number of benzene rings is 2. The van der Waals surface area contributed by atoms with E-state index in [9.17, 15) is 27.1 Å². The number of carboxylic acids is 1. The zero-order valence-electron chi connectivity index (χ0n) is 25.7. The van der Waals surface area contributed by atoms with Crippen LogP contribution < -0.4 is 9.47 Å². The molecular weight excluding hydrogens is 654 g/mol. The van der Waals surface area contributed by atoms with Crippen molar-refractivity contribution in [2.24, 2.45) is 0 Å². The summed E-state index contributed by atoms with van der Waals surface area (Å²) >= 11 is 6.03. The van der Waals surface area contributed by atoms with Gasteiger partial charge < -0.3 is 19.1 Å². The number of hydrogen-bond donors (Lipinski definition) is 1. The number of aromatic carboxylic acids is 1. The first-order valence-corrected chi connectivity index (χ1v) is 17.5. The molecule has 0 amide bonds. The number of ether oxygens (including phenoxy) is 2. The Labute approximate surface area is 275 Å². The number of halogens is 3. The number of rotatable bonds is 8. The van der Waals surface area contributed by atoms with Gasteiger partial charge in [0.2, 0.25) is 0 Å². The highest BCUT2D eigenvalue weighted by atomic mass is 35.5. The number of hydrogen-bond acceptors (Lipinski definition) is 8. The van der Waals surface area contributed by atoms with E-state index in [0.29, 0.717) is 54.5 Å². The second-order valence-electron chi connectivity index (χ2n) is 12.7. The fourth-order valence-corrected chi connectivity index (χ4v) is 8.20. The average molecular weight is 687 g/mol. The molecule has 5 heterocycles. The smallest absolute Gasteiger partial charge is 0.335 e. The van der Waals surface area contributed by atoms with E-state index in [1.807, 2.05) is 25.1 Å². The standard InChI is InChI=1S/C33H33ClF2N4O6S/c1-32(35,36)24-14-20(31(41)42)15-25-29(24)38-28(40(25)17-22-10-13-47(22,43)44)18-39-11-8-19(9-12-39)23-4-3-5-26-30(23)46-33(2,45-26)27-7-6-21(34)16-37-27/h3-7,14-16,19,22H,8-13,17-18H2,1-2H3,(H,41,42)/t22?,33-/m0/s1. The summed E-state index contributed by atoms with van der Waals surface area (Å²) in [5.41, 5.74) is 1.00. The van der Waals surface area contributed by atoms with Crippen LogP contribution in [-0.4, -0.2) is 63.0 Å². The normalized spacial score (nSPS) is 22.8. The Hall–Kier alpha value is -3.81. The Bertz CT molecular complexity index is 1990. The molecule has 7 rings (SSSR count). The molecule has 2 saturated heterocycles. The zero-order valence-corrected chi connectivity index (χ0v) is 27.3. The zero-order chi connectivity index (χ0) is 33.3. The van der Waals surface area contributed by atoms with Crippen LogP contribution in [0.1, 0.15) is 72.0 Å². The molecule has 3 aliphatic rings. The Morgan fingerprint density at radius 1 is 1.15 bits per heavy atom. The van der Waals surface area contributed by atoms with Gasteiger partial charge in [0.05, 0.1) is 39.2 Å². The third kappa shape index (κ3) is 5.82. The van der Waals surface area contributed by atoms with E-state index in [-0.39, 0.29) is 41.4 Å². The van der Waals surface area contributed by atoms with Crippen LogP contribution in [0.25, 0.3) is 11.0 Å². The van der Waals surface area contributed by atoms with Crippen molar-refractivity contribution in [3.8, 4) is 11.5 Å². The minimum atomic E-state index is -3.36. The number of alkyl halides is 2. The van der Waals surface area contributed by atoms with Crippen LogP contribution in [-0.2, 0) is 34.6 Å². The molecule has 0 radical (unpaired) electrons. The lowest BCUT2D eigenvalue weighted by molar-refractivity contribution is -0.0722. The molecule has 4 aromatic rings. The molecule has 248 valence electrons. The maximum absolute atomic E-state index is 14.8. The highest BCUT2D eigenvalue weighted by Gasteiger charge is 2.43. The number of para-hydroxylation sites is 1. The second-order valence-corrected chi connectivity index (χ2v) is 15.6. The first-order chi connectivity index (χ1) is 22.2. The van der Waals surface area contributed by atoms with E-state index in [1.165, 1.54) is 6.07 Å². The van der Waals surface area contributed by atoms with Gasteiger partial charge in [-0.2, -0.15) is 0 Å². The SMILES string of the molecule is CC(F)(F)c1cc(C(=O)O)cc2c1nc(CN1CCC(c3cccc4c3O[C@@](C)(c3ccc(Cl)cn3)O4)CC1)n2CC1CCS1(=O)=O. The molecule has 14 heteroatoms. The van der Waals surface area contributed by atoms with Crippen molar-refractivity contribution in [1.82, 2.24) is 19.4 Å². The molecule has 1 unspecified atom stereocenters. The van der Waals surface area contributed by atoms with Gasteiger partial charge in [0, 0.05) is 37.7 Å². The summed E-state index contributed by atoms with van der Waals surface area (Å²) in [5, 5.41) is 9.52. The number of aromatic nitrogens is 3. The van der Waals surface area contributed by atoms with Gasteiger partial charge >= 0.3 is 5.97 Å². The Kier molecular flexibility index (Phi) is 7.72. The van der Waals surface area contributed by atoms with Crippen molar-refractivity contribution in [3.05, 3.63) is 81.9 Å². The van der Waals surface area contributed by atoms with Gasteiger partial charge in [-0.1, -0.05) is 23.7 Å². The first-order valence-electron chi connectivity index (χ1n) is 15.4. The van der Waals surface area contributed by atoms with E-state index in [1.54, 1.807) is 22.9 Å². The fraction of sp³-hybridized carbons (Fsp3) is 0.424. The quantitative estimate of drug-likeness (QED) is 0.234. The number of pyridine rings is 1. The lowest BCUT2D eigenvalue weighted by atomic mass is 9.88. The summed E-state index contributed by atoms with van der Waals surface area (Å²) < 4.78 is 68.8. The minimum absolute atomic E-state index is 0.0145. The van der Waals surface area contributed by atoms with Crippen LogP contribution in [0.5, 0.6) is 11.5 Å². The van der Waals surface area contributed by atoms with E-state index in [0.717, 1.165) is 24.5 Å². The lowest BCUT2D eigenvalue weighted by Crippen LogP contribution is -2.40. The molecule has 0 saturated carbocycles. The molecule has 47 heavy (non-hydrogen) atoms. The number of likely N-dealkylation sites (tertiary alicyclic amines) is 1. The van der Waals surface area contributed by atoms with Crippen molar-refractivity contribution in [2.45, 2.75) is 69.1 Å². The second kappa shape index (κ2) is 11.4. The van der Waals surface area contributed by atoms with Crippen LogP contribution in [0.3, 0.4) is 0 Å². The summed E-state index contributed by atoms with van der Waals surface area (Å²) in [6.07, 6.45) is 3.54. The molecule has 2 aromatic heterocycles. The van der Waals surface area contributed by atoms with Crippen molar-refractivity contribution in [1.29, 1.82) is 0 Å². The number of carbonyl (C=O) groups is 1. The van der Waals surface area contributed by atoms with Gasteiger partial charge in [-0.3, -0.25) is 9.88 Å². The maximum Gasteiger partial charge on any atom is 0.335 e. The summed E-state index contributed by atoms with van der Waals surface area (Å²) in [4.78, 5) is 23.1. The van der Waals surface area contributed by atoms with Crippen molar-refractivity contribution >= 4 is 38.4 Å². The topological polar surface area (TPSA) is 124 Å². The fourth-order valence-electron chi connectivity index (χ4n) is 6.76. The van der Waals surface area contributed by atoms with Gasteiger partial charge in [0.1, 0.15) is 11.5 Å². The van der Waals surface area contributed by atoms with Gasteiger partial charge in [-0.15, -0.1) is 0 Å². The van der Waals surface area contributed by atoms with Gasteiger partial charge in [-0.05, 0) is 68.6 Å². The molecule has 1 N–H and O–H groups in total. The molecule has 3 aliphatic heterocycles. The van der Waals surface area contributed by atoms with E-state index >= 15 is 0 Å². The summed E-state index contributed by atoms with van der Waals surface area (Å²) in [6.45, 7) is 4.16. The molecule has 2 fully saturated rings. The number of fused-ring (bicyclic) bond motifs is 2. The number of carboxylic acid groups (broad SMARTS) is 1. The van der Waals surface area contributed by atoms with Crippen molar-refractivity contribution in [3.63, 3.8) is 0 Å². The highest BCUT2D eigenvalue weighted by molar-refractivity contribution is 7.93. The van der Waals surface area contributed by atoms with Crippen LogP contribution in [0.15, 0.2) is 48.7 Å². The average Bonchev–Trinajstić information content (AvgIpc) is 3.55. The third-order valence-electron chi connectivity index (χ3n) is 9.47. The summed E-state index contributed by atoms with van der Waals surface area (Å²) in [5.74, 6) is -3.85. The molecule has 0 aliphatic carbocycles. The predicted octanol–water partition coefficient (Wildman–Crippen LogP) is 6.11. The number of nitrogens with zero attached hydrogens (tertiary/aromatic N) is 4. The van der Waals surface area contributed by atoms with Crippen LogP contribution >= 0.6 is 11.6 Å². The van der Waals surface area contributed by atoms with E-state index < -0.39 is 38.3 Å². The first kappa shape index (κ1) is 31.8. The van der Waals surface area contributed by atoms with Crippen molar-refractivity contribution < 1.29 is 36.6 Å². The maximum atomic E-state index is 14.8. The van der Waals surface area contributed by atoms with Gasteiger partial charge in [0.25, 0.3) is 11.7 Å². The molecule has 2 aromatic carbocycles. The monoisotopic (exact) mass is 686 g/mol. The van der Waals surface area contributed by atoms with Crippen LogP contribution in [0, 0.1) is 0 Å². The van der Waals surface area contributed by atoms with Crippen molar-refractivity contribution in [2.75, 3.05) is 18.8 Å². The van der Waals surface area contributed by atoms with Gasteiger partial charge in [-0.25, -0.2) is 27.0 Å². The van der Waals surface area contributed by atoms with E-state index in [2.05, 4.69) is 14.9 Å². The highest BCUT2D eigenvalue weighted by Crippen LogP contribution is 2.49. The largest absolute Gasteiger partial charge is 0.478 e. The molecule has 0 bridgehead atoms. The van der Waals surface area contributed by atoms with Gasteiger partial charge in [0.15, 0.2) is 21.3 Å². The summed E-state index contributed by atoms with van der Waals surface area (Å²) in [6, 6.07) is 11.6. The third-order valence-corrected chi connectivity index (χ3v) is 11.9. The Morgan fingerprint density at radius 2 is 1.91 bits per heavy atom. The number of sulfone groups is 1. The molecular formula is C33H33ClF2N4O6S. The van der Waals surface area contributed by atoms with E-state index in [4.69, 9.17) is 21.1 Å². The van der Waals surface area contributed by atoms with Crippen LogP contribution in [0.2, 0.25) is 5.02 Å². The summed E-state index contributed by atoms with van der Waals surface area (Å²) in [7, 11) is -3.31. The molecule has 0 spiro atoms. The van der Waals surface area contributed by atoms with Crippen LogP contribution in [0.4, 0.5) is 8.78 Å². The Balaban J connectivity index is 1.14. The predicted molar refractivity (Wildman–Crippen MR) is 170 cm³/mol. The lowest BCUT2D eigenvalue weighted by Gasteiger charge is -2.33. The number of piperidine rings is 1. The minimum Gasteiger partial charge on any atom is -0.478 e. The molecule has 2 atom stereocenters. The molecule has 10 nitrogen and oxygen atoms in total. The number of imidazole rings is 1. The Morgan fingerprint density at radius 3 is 2.53 bits per heavy atom.